The van der Waals surface area contributed by atoms with E-state index in [2.05, 4.69) is 11.8 Å². The van der Waals surface area contributed by atoms with Gasteiger partial charge in [-0.2, -0.15) is 0 Å². The molecular weight excluding hydrogens is 394 g/mol. The minimum atomic E-state index is -1.35. The van der Waals surface area contributed by atoms with Crippen molar-refractivity contribution in [3.63, 3.8) is 0 Å². The Labute approximate surface area is 179 Å². The number of fused-ring (bicyclic) bond motifs is 1. The van der Waals surface area contributed by atoms with E-state index in [0.29, 0.717) is 11.1 Å². The third kappa shape index (κ3) is 5.71. The van der Waals surface area contributed by atoms with Gasteiger partial charge in [0.05, 0.1) is 0 Å². The predicted molar refractivity (Wildman–Crippen MR) is 116 cm³/mol. The summed E-state index contributed by atoms with van der Waals surface area (Å²) in [4.78, 5) is 36.7. The SMILES string of the molecule is Cc1ccc(CC(C(=O)O)N(CC(=O)O)C(=O)C#Cc2ccc3ccccc3c2)cc1. The molecule has 1 amide bonds. The van der Waals surface area contributed by atoms with Crippen LogP contribution in [0.1, 0.15) is 16.7 Å². The number of aryl methyl sites for hydroxylation is 1. The van der Waals surface area contributed by atoms with Crippen molar-refractivity contribution in [1.82, 2.24) is 4.90 Å². The summed E-state index contributed by atoms with van der Waals surface area (Å²) in [5, 5.41) is 20.9. The molecule has 3 aromatic rings. The van der Waals surface area contributed by atoms with Gasteiger partial charge in [0.15, 0.2) is 0 Å². The summed E-state index contributed by atoms with van der Waals surface area (Å²) in [6.07, 6.45) is -0.0215. The van der Waals surface area contributed by atoms with Crippen molar-refractivity contribution < 1.29 is 24.6 Å². The molecule has 0 spiro atoms. The summed E-state index contributed by atoms with van der Waals surface area (Å²) in [7, 11) is 0. The van der Waals surface area contributed by atoms with E-state index in [1.165, 1.54) is 0 Å². The van der Waals surface area contributed by atoms with Gasteiger partial charge in [0.2, 0.25) is 0 Å². The molecule has 156 valence electrons. The van der Waals surface area contributed by atoms with E-state index in [1.54, 1.807) is 18.2 Å². The van der Waals surface area contributed by atoms with Crippen molar-refractivity contribution in [3.05, 3.63) is 83.4 Å². The van der Waals surface area contributed by atoms with E-state index in [0.717, 1.165) is 21.2 Å². The van der Waals surface area contributed by atoms with Gasteiger partial charge in [-0.15, -0.1) is 0 Å². The lowest BCUT2D eigenvalue weighted by Crippen LogP contribution is -2.48. The van der Waals surface area contributed by atoms with Crippen LogP contribution in [0.15, 0.2) is 66.7 Å². The number of hydrogen-bond donors (Lipinski definition) is 2. The average molecular weight is 415 g/mol. The van der Waals surface area contributed by atoms with E-state index in [9.17, 15) is 24.6 Å². The fraction of sp³-hybridized carbons (Fsp3) is 0.160. The molecule has 0 aromatic heterocycles. The van der Waals surface area contributed by atoms with Gasteiger partial charge in [-0.05, 0) is 35.4 Å². The van der Waals surface area contributed by atoms with Crippen LogP contribution in [-0.2, 0) is 20.8 Å². The molecule has 0 bridgehead atoms. The van der Waals surface area contributed by atoms with E-state index in [-0.39, 0.29) is 6.42 Å². The molecule has 6 heteroatoms. The molecule has 2 N–H and O–H groups in total. The summed E-state index contributed by atoms with van der Waals surface area (Å²) in [5.74, 6) is 1.69. The van der Waals surface area contributed by atoms with Crippen LogP contribution in [0.5, 0.6) is 0 Å². The van der Waals surface area contributed by atoms with Crippen LogP contribution in [0.3, 0.4) is 0 Å². The largest absolute Gasteiger partial charge is 0.480 e. The minimum Gasteiger partial charge on any atom is -0.480 e. The molecular formula is C25H21NO5. The number of benzene rings is 3. The Hall–Kier alpha value is -4.11. The Balaban J connectivity index is 1.87. The lowest BCUT2D eigenvalue weighted by atomic mass is 10.0. The van der Waals surface area contributed by atoms with Crippen LogP contribution in [-0.4, -0.2) is 45.5 Å². The normalized spacial score (nSPS) is 11.3. The second kappa shape index (κ2) is 9.59. The fourth-order valence-corrected chi connectivity index (χ4v) is 3.21. The van der Waals surface area contributed by atoms with Gasteiger partial charge >= 0.3 is 11.9 Å². The first-order valence-corrected chi connectivity index (χ1v) is 9.65. The molecule has 0 aliphatic carbocycles. The highest BCUT2D eigenvalue weighted by atomic mass is 16.4. The van der Waals surface area contributed by atoms with Gasteiger partial charge in [-0.1, -0.05) is 66.1 Å². The highest BCUT2D eigenvalue weighted by Crippen LogP contribution is 2.15. The molecule has 0 aliphatic rings. The smallest absolute Gasteiger partial charge is 0.326 e. The molecule has 0 saturated carbocycles. The topological polar surface area (TPSA) is 94.9 Å². The summed E-state index contributed by atoms with van der Waals surface area (Å²) in [6.45, 7) is 1.15. The number of rotatable bonds is 6. The molecule has 1 unspecified atom stereocenters. The van der Waals surface area contributed by atoms with Gasteiger partial charge in [0.1, 0.15) is 12.6 Å². The number of amides is 1. The minimum absolute atomic E-state index is 0.0215. The molecule has 3 rings (SSSR count). The summed E-state index contributed by atoms with van der Waals surface area (Å²) in [6, 6.07) is 19.0. The Morgan fingerprint density at radius 1 is 0.935 bits per heavy atom. The lowest BCUT2D eigenvalue weighted by Gasteiger charge is -2.25. The average Bonchev–Trinajstić information content (AvgIpc) is 2.75. The molecule has 6 nitrogen and oxygen atoms in total. The van der Waals surface area contributed by atoms with E-state index in [1.807, 2.05) is 55.5 Å². The van der Waals surface area contributed by atoms with Crippen molar-refractivity contribution in [2.75, 3.05) is 6.54 Å². The first kappa shape index (κ1) is 21.6. The van der Waals surface area contributed by atoms with Crippen LogP contribution in [0.4, 0.5) is 0 Å². The lowest BCUT2D eigenvalue weighted by molar-refractivity contribution is -0.152. The van der Waals surface area contributed by atoms with Crippen LogP contribution >= 0.6 is 0 Å². The molecule has 0 radical (unpaired) electrons. The van der Waals surface area contributed by atoms with Gasteiger partial charge in [0, 0.05) is 17.9 Å². The number of carbonyl (C=O) groups excluding carboxylic acids is 1. The van der Waals surface area contributed by atoms with Crippen molar-refractivity contribution in [1.29, 1.82) is 0 Å². The predicted octanol–water partition coefficient (Wildman–Crippen LogP) is 3.11. The molecule has 3 aromatic carbocycles. The number of aliphatic carboxylic acids is 2. The highest BCUT2D eigenvalue weighted by molar-refractivity contribution is 5.98. The number of hydrogen-bond acceptors (Lipinski definition) is 3. The number of carboxylic acid groups (broad SMARTS) is 2. The van der Waals surface area contributed by atoms with Crippen LogP contribution in [0.25, 0.3) is 10.8 Å². The number of carboxylic acids is 2. The van der Waals surface area contributed by atoms with Crippen LogP contribution in [0, 0.1) is 18.8 Å². The highest BCUT2D eigenvalue weighted by Gasteiger charge is 2.30. The summed E-state index contributed by atoms with van der Waals surface area (Å²) < 4.78 is 0. The van der Waals surface area contributed by atoms with Crippen molar-refractivity contribution >= 4 is 28.6 Å². The van der Waals surface area contributed by atoms with E-state index < -0.39 is 30.4 Å². The first-order chi connectivity index (χ1) is 14.8. The third-order valence-electron chi connectivity index (χ3n) is 4.84. The van der Waals surface area contributed by atoms with E-state index in [4.69, 9.17) is 0 Å². The maximum atomic E-state index is 12.7. The second-order valence-electron chi connectivity index (χ2n) is 7.18. The maximum Gasteiger partial charge on any atom is 0.326 e. The zero-order valence-electron chi connectivity index (χ0n) is 16.9. The Kier molecular flexibility index (Phi) is 6.68. The molecule has 1 atom stereocenters. The van der Waals surface area contributed by atoms with Crippen molar-refractivity contribution in [2.24, 2.45) is 0 Å². The van der Waals surface area contributed by atoms with Gasteiger partial charge in [-0.3, -0.25) is 9.59 Å². The number of nitrogens with zero attached hydrogens (tertiary/aromatic N) is 1. The molecule has 31 heavy (non-hydrogen) atoms. The summed E-state index contributed by atoms with van der Waals surface area (Å²) >= 11 is 0. The molecule has 0 heterocycles. The Morgan fingerprint density at radius 3 is 2.26 bits per heavy atom. The van der Waals surface area contributed by atoms with Gasteiger partial charge < -0.3 is 15.1 Å². The van der Waals surface area contributed by atoms with Gasteiger partial charge in [-0.25, -0.2) is 4.79 Å². The van der Waals surface area contributed by atoms with Crippen molar-refractivity contribution in [3.8, 4) is 11.8 Å². The standard InChI is InChI=1S/C25H21NO5/c1-17-6-8-19(9-7-17)15-22(25(30)31)26(16-24(28)29)23(27)13-11-18-10-12-20-4-2-3-5-21(20)14-18/h2-10,12,14,22H,15-16H2,1H3,(H,28,29)(H,30,31). The first-order valence-electron chi connectivity index (χ1n) is 9.65. The number of carbonyl (C=O) groups is 3. The molecule has 0 saturated heterocycles. The van der Waals surface area contributed by atoms with Crippen LogP contribution in [0.2, 0.25) is 0 Å². The third-order valence-corrected chi connectivity index (χ3v) is 4.84. The van der Waals surface area contributed by atoms with E-state index >= 15 is 0 Å². The zero-order valence-corrected chi connectivity index (χ0v) is 16.9. The molecule has 0 aliphatic heterocycles. The quantitative estimate of drug-likeness (QED) is 0.603. The zero-order chi connectivity index (χ0) is 22.4. The maximum absolute atomic E-state index is 12.7. The van der Waals surface area contributed by atoms with Crippen LogP contribution < -0.4 is 0 Å². The monoisotopic (exact) mass is 415 g/mol. The second-order valence-corrected chi connectivity index (χ2v) is 7.18. The Morgan fingerprint density at radius 2 is 1.61 bits per heavy atom. The Bertz CT molecular complexity index is 1190. The van der Waals surface area contributed by atoms with Crippen molar-refractivity contribution in [2.45, 2.75) is 19.4 Å². The fourth-order valence-electron chi connectivity index (χ4n) is 3.21. The summed E-state index contributed by atoms with van der Waals surface area (Å²) in [5.41, 5.74) is 2.27. The molecule has 0 fully saturated rings. The van der Waals surface area contributed by atoms with Gasteiger partial charge in [0.25, 0.3) is 5.91 Å².